The molecule has 8 heteroatoms. The van der Waals surface area contributed by atoms with E-state index in [9.17, 15) is 9.59 Å². The number of piperidine rings is 1. The van der Waals surface area contributed by atoms with Gasteiger partial charge in [0.15, 0.2) is 5.13 Å². The van der Waals surface area contributed by atoms with Crippen LogP contribution >= 0.6 is 22.7 Å². The van der Waals surface area contributed by atoms with Gasteiger partial charge in [-0.2, -0.15) is 0 Å². The maximum atomic E-state index is 12.5. The van der Waals surface area contributed by atoms with E-state index in [-0.39, 0.29) is 24.3 Å². The minimum absolute atomic E-state index is 0.145. The Morgan fingerprint density at radius 3 is 2.68 bits per heavy atom. The van der Waals surface area contributed by atoms with Crippen LogP contribution in [0.3, 0.4) is 0 Å². The van der Waals surface area contributed by atoms with Gasteiger partial charge in [-0.15, -0.1) is 22.7 Å². The van der Waals surface area contributed by atoms with Gasteiger partial charge in [0.1, 0.15) is 0 Å². The van der Waals surface area contributed by atoms with Gasteiger partial charge in [0.25, 0.3) is 0 Å². The number of hydrogen-bond acceptors (Lipinski definition) is 6. The number of rotatable bonds is 7. The summed E-state index contributed by atoms with van der Waals surface area (Å²) < 4.78 is 0. The normalized spacial score (nSPS) is 21.2. The molecule has 1 fully saturated rings. The van der Waals surface area contributed by atoms with E-state index >= 15 is 0 Å². The maximum Gasteiger partial charge on any atom is 0.228 e. The van der Waals surface area contributed by atoms with Gasteiger partial charge in [-0.05, 0) is 29.7 Å². The van der Waals surface area contributed by atoms with Crippen LogP contribution in [0.1, 0.15) is 50.2 Å². The number of amides is 2. The Hall–Kier alpha value is -1.77. The number of thiazole rings is 1. The Morgan fingerprint density at radius 2 is 2.04 bits per heavy atom. The summed E-state index contributed by atoms with van der Waals surface area (Å²) in [5, 5.41) is 10.3. The molecule has 6 nitrogen and oxygen atoms in total. The van der Waals surface area contributed by atoms with Crippen molar-refractivity contribution in [1.29, 1.82) is 0 Å². The lowest BCUT2D eigenvalue weighted by Crippen LogP contribution is -2.38. The van der Waals surface area contributed by atoms with Gasteiger partial charge in [0.05, 0.1) is 18.2 Å². The van der Waals surface area contributed by atoms with Crippen molar-refractivity contribution in [2.45, 2.75) is 46.2 Å². The highest BCUT2D eigenvalue weighted by Crippen LogP contribution is 2.25. The second-order valence-electron chi connectivity index (χ2n) is 7.80. The van der Waals surface area contributed by atoms with Crippen LogP contribution in [0.15, 0.2) is 22.9 Å². The summed E-state index contributed by atoms with van der Waals surface area (Å²) in [6.07, 6.45) is 1.48. The van der Waals surface area contributed by atoms with Crippen molar-refractivity contribution < 1.29 is 9.59 Å². The number of thiophene rings is 1. The van der Waals surface area contributed by atoms with Crippen molar-refractivity contribution in [1.82, 2.24) is 15.2 Å². The highest BCUT2D eigenvalue weighted by Gasteiger charge is 2.23. The zero-order chi connectivity index (χ0) is 20.1. The van der Waals surface area contributed by atoms with Crippen molar-refractivity contribution in [3.8, 4) is 0 Å². The predicted octanol–water partition coefficient (Wildman–Crippen LogP) is 3.89. The van der Waals surface area contributed by atoms with Crippen LogP contribution in [0.5, 0.6) is 0 Å². The number of likely N-dealkylation sites (tertiary alicyclic amines) is 1. The number of carbonyl (C=O) groups excluding carboxylic acids is 2. The third-order valence-electron chi connectivity index (χ3n) is 4.78. The van der Waals surface area contributed by atoms with Crippen LogP contribution in [-0.2, 0) is 16.1 Å². The lowest BCUT2D eigenvalue weighted by molar-refractivity contribution is -0.120. The van der Waals surface area contributed by atoms with Crippen LogP contribution in [0.25, 0.3) is 0 Å². The van der Waals surface area contributed by atoms with Crippen molar-refractivity contribution in [3.63, 3.8) is 0 Å². The minimum atomic E-state index is -0.312. The summed E-state index contributed by atoms with van der Waals surface area (Å²) in [6.45, 7) is 9.09. The summed E-state index contributed by atoms with van der Waals surface area (Å²) >= 11 is 2.98. The first kappa shape index (κ1) is 21.0. The van der Waals surface area contributed by atoms with E-state index in [1.807, 2.05) is 22.9 Å². The molecule has 2 aromatic rings. The highest BCUT2D eigenvalue weighted by molar-refractivity contribution is 7.14. The number of nitrogens with zero attached hydrogens (tertiary/aromatic N) is 2. The monoisotopic (exact) mass is 420 g/mol. The van der Waals surface area contributed by atoms with Gasteiger partial charge < -0.3 is 10.6 Å². The molecular formula is C20H28N4O2S2. The molecule has 2 aromatic heterocycles. The standard InChI is InChI=1S/C20H28N4O2S2/c1-13-7-14(2)10-24(9-13)11-16-12-28-20(22-16)23-19(26)8-17(21-15(3)25)18-5-4-6-27-18/h4-6,12-14,17H,7-11H2,1-3H3,(H,21,25)(H,22,23,26)/t13-,14+,17-/m1/s1. The number of nitrogens with one attached hydrogen (secondary N) is 2. The molecule has 0 aromatic carbocycles. The Bertz CT molecular complexity index is 780. The zero-order valence-corrected chi connectivity index (χ0v) is 18.2. The van der Waals surface area contributed by atoms with Gasteiger partial charge in [0.2, 0.25) is 11.8 Å². The van der Waals surface area contributed by atoms with E-state index in [2.05, 4.69) is 34.4 Å². The largest absolute Gasteiger partial charge is 0.348 e. The van der Waals surface area contributed by atoms with Crippen LogP contribution < -0.4 is 10.6 Å². The van der Waals surface area contributed by atoms with Gasteiger partial charge >= 0.3 is 0 Å². The number of hydrogen-bond donors (Lipinski definition) is 2. The van der Waals surface area contributed by atoms with Crippen LogP contribution in [0.4, 0.5) is 5.13 Å². The Labute approximate surface area is 174 Å². The lowest BCUT2D eigenvalue weighted by atomic mass is 9.92. The third-order valence-corrected chi connectivity index (χ3v) is 6.57. The second kappa shape index (κ2) is 9.62. The summed E-state index contributed by atoms with van der Waals surface area (Å²) in [7, 11) is 0. The molecule has 28 heavy (non-hydrogen) atoms. The summed E-state index contributed by atoms with van der Waals surface area (Å²) in [5.74, 6) is 1.13. The average molecular weight is 421 g/mol. The molecular weight excluding hydrogens is 392 g/mol. The van der Waals surface area contributed by atoms with E-state index in [0.29, 0.717) is 17.0 Å². The van der Waals surface area contributed by atoms with Gasteiger partial charge in [-0.3, -0.25) is 14.5 Å². The molecule has 0 radical (unpaired) electrons. The highest BCUT2D eigenvalue weighted by atomic mass is 32.1. The molecule has 3 heterocycles. The minimum Gasteiger partial charge on any atom is -0.348 e. The topological polar surface area (TPSA) is 74.3 Å². The lowest BCUT2D eigenvalue weighted by Gasteiger charge is -2.34. The molecule has 1 aliphatic heterocycles. The van der Waals surface area contributed by atoms with Crippen LogP contribution in [-0.4, -0.2) is 34.8 Å². The Morgan fingerprint density at radius 1 is 1.29 bits per heavy atom. The van der Waals surface area contributed by atoms with Crippen LogP contribution in [0, 0.1) is 11.8 Å². The summed E-state index contributed by atoms with van der Waals surface area (Å²) in [6, 6.07) is 3.54. The first-order chi connectivity index (χ1) is 13.4. The van der Waals surface area contributed by atoms with Gasteiger partial charge in [-0.25, -0.2) is 4.98 Å². The molecule has 3 atom stereocenters. The zero-order valence-electron chi connectivity index (χ0n) is 16.6. The van der Waals surface area contributed by atoms with E-state index in [1.165, 1.54) is 36.0 Å². The first-order valence-electron chi connectivity index (χ1n) is 9.66. The smallest absolute Gasteiger partial charge is 0.228 e. The fourth-order valence-corrected chi connectivity index (χ4v) is 5.40. The molecule has 0 unspecified atom stereocenters. The molecule has 0 aliphatic carbocycles. The second-order valence-corrected chi connectivity index (χ2v) is 9.64. The summed E-state index contributed by atoms with van der Waals surface area (Å²) in [4.78, 5) is 32.0. The number of anilines is 1. The number of aromatic nitrogens is 1. The molecule has 1 saturated heterocycles. The molecule has 0 spiro atoms. The van der Waals surface area contributed by atoms with Crippen molar-refractivity contribution >= 4 is 39.6 Å². The predicted molar refractivity (Wildman–Crippen MR) is 114 cm³/mol. The molecule has 0 bridgehead atoms. The van der Waals surface area contributed by atoms with Crippen molar-refractivity contribution in [2.24, 2.45) is 11.8 Å². The third kappa shape index (κ3) is 6.12. The number of carbonyl (C=O) groups is 2. The first-order valence-corrected chi connectivity index (χ1v) is 11.4. The maximum absolute atomic E-state index is 12.5. The molecule has 0 saturated carbocycles. The Kier molecular flexibility index (Phi) is 7.20. The van der Waals surface area contributed by atoms with E-state index in [4.69, 9.17) is 0 Å². The average Bonchev–Trinajstić information content (AvgIpc) is 3.25. The summed E-state index contributed by atoms with van der Waals surface area (Å²) in [5.41, 5.74) is 0.998. The molecule has 2 amide bonds. The van der Waals surface area contributed by atoms with Gasteiger partial charge in [0, 0.05) is 36.8 Å². The Balaban J connectivity index is 1.55. The quantitative estimate of drug-likeness (QED) is 0.713. The van der Waals surface area contributed by atoms with Crippen molar-refractivity contribution in [3.05, 3.63) is 33.5 Å². The van der Waals surface area contributed by atoms with E-state index in [1.54, 1.807) is 0 Å². The van der Waals surface area contributed by atoms with E-state index < -0.39 is 0 Å². The SMILES string of the molecule is CC(=O)N[C@H](CC(=O)Nc1nc(CN2C[C@H](C)C[C@H](C)C2)cs1)c1cccs1. The molecule has 2 N–H and O–H groups in total. The van der Waals surface area contributed by atoms with Crippen molar-refractivity contribution in [2.75, 3.05) is 18.4 Å². The van der Waals surface area contributed by atoms with Gasteiger partial charge in [-0.1, -0.05) is 19.9 Å². The van der Waals surface area contributed by atoms with E-state index in [0.717, 1.165) is 30.2 Å². The van der Waals surface area contributed by atoms with Crippen LogP contribution in [0.2, 0.25) is 0 Å². The fraction of sp³-hybridized carbons (Fsp3) is 0.550. The molecule has 152 valence electrons. The molecule has 1 aliphatic rings. The fourth-order valence-electron chi connectivity index (χ4n) is 3.90. The molecule has 3 rings (SSSR count).